The van der Waals surface area contributed by atoms with E-state index in [4.69, 9.17) is 4.74 Å². The summed E-state index contributed by atoms with van der Waals surface area (Å²) in [6, 6.07) is 14.6. The van der Waals surface area contributed by atoms with Crippen molar-refractivity contribution in [1.29, 1.82) is 0 Å². The number of nitrogens with one attached hydrogen (secondary N) is 1. The Hall–Kier alpha value is -1.38. The van der Waals surface area contributed by atoms with Crippen molar-refractivity contribution in [2.24, 2.45) is 0 Å². The molecule has 0 atom stereocenters. The third kappa shape index (κ3) is 6.13. The molecule has 0 heterocycles. The van der Waals surface area contributed by atoms with Crippen molar-refractivity contribution in [3.63, 3.8) is 0 Å². The zero-order valence-corrected chi connectivity index (χ0v) is 17.2. The van der Waals surface area contributed by atoms with Crippen LogP contribution in [0.15, 0.2) is 59.5 Å². The zero-order chi connectivity index (χ0) is 17.8. The number of sulfonamides is 1. The number of rotatable bonds is 7. The van der Waals surface area contributed by atoms with E-state index < -0.39 is 28.1 Å². The van der Waals surface area contributed by atoms with E-state index in [9.17, 15) is 18.3 Å². The third-order valence-electron chi connectivity index (χ3n) is 3.38. The van der Waals surface area contributed by atoms with Crippen LogP contribution in [0.1, 0.15) is 19.4 Å². The van der Waals surface area contributed by atoms with Crippen LogP contribution in [-0.2, 0) is 20.4 Å². The van der Waals surface area contributed by atoms with Gasteiger partial charge in [-0.05, 0) is 43.7 Å². The maximum atomic E-state index is 12.5. The number of carboxylic acids is 1. The van der Waals surface area contributed by atoms with Gasteiger partial charge in [-0.25, -0.2) is 13.1 Å². The molecule has 0 bridgehead atoms. The summed E-state index contributed by atoms with van der Waals surface area (Å²) in [6.07, 6.45) is 0. The molecule has 0 saturated heterocycles. The maximum absolute atomic E-state index is 12.5. The monoisotopic (exact) mass is 371 g/mol. The Bertz CT molecular complexity index is 805. The van der Waals surface area contributed by atoms with Gasteiger partial charge in [0, 0.05) is 0 Å². The van der Waals surface area contributed by atoms with Gasteiger partial charge in [0.15, 0.2) is 0 Å². The van der Waals surface area contributed by atoms with E-state index >= 15 is 0 Å². The fourth-order valence-corrected chi connectivity index (χ4v) is 3.59. The fourth-order valence-electron chi connectivity index (χ4n) is 2.16. The average Bonchev–Trinajstić information content (AvgIpc) is 2.53. The summed E-state index contributed by atoms with van der Waals surface area (Å²) in [5.41, 5.74) is -0.149. The second kappa shape index (κ2) is 8.82. The summed E-state index contributed by atoms with van der Waals surface area (Å²) < 4.78 is 32.6. The zero-order valence-electron chi connectivity index (χ0n) is 14.4. The van der Waals surface area contributed by atoms with Crippen LogP contribution in [0.5, 0.6) is 5.75 Å². The van der Waals surface area contributed by atoms with Crippen LogP contribution in [0.4, 0.5) is 0 Å². The van der Waals surface area contributed by atoms with Crippen LogP contribution in [0, 0.1) is 0 Å². The van der Waals surface area contributed by atoms with E-state index in [1.165, 1.54) is 12.1 Å². The molecule has 1 N–H and O–H groups in total. The fraction of sp³-hybridized carbons (Fsp3) is 0.235. The summed E-state index contributed by atoms with van der Waals surface area (Å²) in [5, 5.41) is 10.4. The minimum atomic E-state index is -3.66. The Kier molecular flexibility index (Phi) is 7.64. The first-order valence-corrected chi connectivity index (χ1v) is 8.71. The van der Waals surface area contributed by atoms with Crippen molar-refractivity contribution in [3.8, 4) is 5.75 Å². The minimum Gasteiger partial charge on any atom is -0.546 e. The van der Waals surface area contributed by atoms with Gasteiger partial charge in [0.25, 0.3) is 0 Å². The van der Waals surface area contributed by atoms with E-state index in [1.54, 1.807) is 56.3 Å². The van der Waals surface area contributed by atoms with Crippen LogP contribution < -0.4 is 44.1 Å². The van der Waals surface area contributed by atoms with Crippen LogP contribution >= 0.6 is 0 Å². The Labute approximate surface area is 169 Å². The summed E-state index contributed by atoms with van der Waals surface area (Å²) >= 11 is 0. The van der Waals surface area contributed by atoms with E-state index in [2.05, 4.69) is 4.72 Å². The van der Waals surface area contributed by atoms with Crippen molar-refractivity contribution in [2.75, 3.05) is 6.61 Å². The number of hydrogen-bond acceptors (Lipinski definition) is 5. The topological polar surface area (TPSA) is 95.5 Å². The van der Waals surface area contributed by atoms with Gasteiger partial charge in [0.05, 0.1) is 16.4 Å². The first kappa shape index (κ1) is 21.7. The first-order chi connectivity index (χ1) is 11.2. The van der Waals surface area contributed by atoms with Crippen molar-refractivity contribution < 1.29 is 52.6 Å². The van der Waals surface area contributed by atoms with Crippen molar-refractivity contribution in [2.45, 2.75) is 24.3 Å². The average molecular weight is 371 g/mol. The van der Waals surface area contributed by atoms with Gasteiger partial charge in [-0.2, -0.15) is 0 Å². The number of carboxylic acid groups (broad SMARTS) is 1. The Morgan fingerprint density at radius 2 is 1.64 bits per heavy atom. The van der Waals surface area contributed by atoms with Crippen LogP contribution in [0.3, 0.4) is 0 Å². The quantitative estimate of drug-likeness (QED) is 0.570. The summed E-state index contributed by atoms with van der Waals surface area (Å²) in [4.78, 5) is 10.6. The molecule has 0 radical (unpaired) electrons. The molecule has 0 unspecified atom stereocenters. The number of hydrogen-bond donors (Lipinski definition) is 1. The second-order valence-corrected chi connectivity index (χ2v) is 7.41. The predicted molar refractivity (Wildman–Crippen MR) is 86.7 cm³/mol. The summed E-state index contributed by atoms with van der Waals surface area (Å²) in [5.74, 6) is -0.945. The van der Waals surface area contributed by atoms with Gasteiger partial charge in [0.2, 0.25) is 10.0 Å². The molecule has 2 rings (SSSR count). The number of aliphatic carboxylic acids is 1. The molecule has 2 aromatic carbocycles. The summed E-state index contributed by atoms with van der Waals surface area (Å²) in [7, 11) is -3.66. The van der Waals surface area contributed by atoms with Crippen molar-refractivity contribution >= 4 is 16.0 Å². The minimum absolute atomic E-state index is 0. The predicted octanol–water partition coefficient (Wildman–Crippen LogP) is -1.97. The van der Waals surface area contributed by atoms with E-state index in [-0.39, 0.29) is 34.5 Å². The van der Waals surface area contributed by atoms with Crippen LogP contribution in [-0.4, -0.2) is 21.0 Å². The van der Waals surface area contributed by atoms with Crippen molar-refractivity contribution in [3.05, 3.63) is 60.2 Å². The van der Waals surface area contributed by atoms with Crippen LogP contribution in [0.25, 0.3) is 0 Å². The third-order valence-corrected chi connectivity index (χ3v) is 5.05. The number of carbonyl (C=O) groups is 1. The molecule has 0 spiro atoms. The SMILES string of the molecule is CC(C)(NS(=O)(=O)c1ccccc1)c1ccc(OCC(=O)[O-])cc1.[Na+]. The molecule has 0 saturated carbocycles. The molecule has 8 heteroatoms. The van der Waals surface area contributed by atoms with Gasteiger partial charge in [0.1, 0.15) is 12.4 Å². The normalized spacial score (nSPS) is 11.4. The van der Waals surface area contributed by atoms with Gasteiger partial charge in [-0.15, -0.1) is 0 Å². The molecular weight excluding hydrogens is 353 g/mol. The van der Waals surface area contributed by atoms with Gasteiger partial charge < -0.3 is 14.6 Å². The Morgan fingerprint density at radius 3 is 2.16 bits per heavy atom. The van der Waals surface area contributed by atoms with E-state index in [1.807, 2.05) is 0 Å². The standard InChI is InChI=1S/C17H19NO5S.Na/c1-17(2,18-24(21,22)15-6-4-3-5-7-15)13-8-10-14(11-9-13)23-12-16(19)20;/h3-11,18H,12H2,1-2H3,(H,19,20);/q;+1/p-1. The molecule has 25 heavy (non-hydrogen) atoms. The molecule has 6 nitrogen and oxygen atoms in total. The maximum Gasteiger partial charge on any atom is 1.00 e. The summed E-state index contributed by atoms with van der Waals surface area (Å²) in [6.45, 7) is 2.94. The molecule has 2 aromatic rings. The molecule has 0 amide bonds. The molecule has 0 aliphatic carbocycles. The molecule has 0 aliphatic heterocycles. The Morgan fingerprint density at radius 1 is 1.08 bits per heavy atom. The van der Waals surface area contributed by atoms with Gasteiger partial charge >= 0.3 is 29.6 Å². The van der Waals surface area contributed by atoms with E-state index in [0.29, 0.717) is 11.3 Å². The number of ether oxygens (including phenoxy) is 1. The van der Waals surface area contributed by atoms with E-state index in [0.717, 1.165) is 0 Å². The molecule has 0 aromatic heterocycles. The molecule has 128 valence electrons. The number of benzene rings is 2. The van der Waals surface area contributed by atoms with Crippen molar-refractivity contribution in [1.82, 2.24) is 4.72 Å². The second-order valence-electron chi connectivity index (χ2n) is 5.73. The van der Waals surface area contributed by atoms with Gasteiger partial charge in [-0.1, -0.05) is 30.3 Å². The molecular formula is C17H18NNaO5S. The number of carbonyl (C=O) groups excluding carboxylic acids is 1. The largest absolute Gasteiger partial charge is 1.00 e. The Balaban J connectivity index is 0.00000312. The molecule has 0 fully saturated rings. The van der Waals surface area contributed by atoms with Crippen LogP contribution in [0.2, 0.25) is 0 Å². The molecule has 0 aliphatic rings. The smallest absolute Gasteiger partial charge is 0.546 e. The van der Waals surface area contributed by atoms with Gasteiger partial charge in [-0.3, -0.25) is 0 Å². The first-order valence-electron chi connectivity index (χ1n) is 7.23.